The van der Waals surface area contributed by atoms with Crippen molar-refractivity contribution in [1.82, 2.24) is 0 Å². The molecular weight excluding hydrogens is 185 g/mol. The Morgan fingerprint density at radius 1 is 1.50 bits per heavy atom. The molecule has 1 aromatic carbocycles. The van der Waals surface area contributed by atoms with Crippen LogP contribution < -0.4 is 10.5 Å². The second kappa shape index (κ2) is 4.93. The van der Waals surface area contributed by atoms with Gasteiger partial charge in [0, 0.05) is 12.6 Å². The molecule has 0 saturated carbocycles. The summed E-state index contributed by atoms with van der Waals surface area (Å²) in [5.41, 5.74) is 6.04. The number of rotatable bonds is 4. The summed E-state index contributed by atoms with van der Waals surface area (Å²) in [6.07, 6.45) is -0.570. The molecule has 1 aromatic rings. The fraction of sp³-hybridized carbons (Fsp3) is 0.400. The summed E-state index contributed by atoms with van der Waals surface area (Å²) in [6, 6.07) is 4.28. The Balaban J connectivity index is 2.71. The maximum atomic E-state index is 12.9. The summed E-state index contributed by atoms with van der Waals surface area (Å²) in [5.74, 6) is 0.0138. The highest BCUT2D eigenvalue weighted by Crippen LogP contribution is 2.16. The van der Waals surface area contributed by atoms with Gasteiger partial charge in [0.2, 0.25) is 0 Å². The number of ether oxygens (including phenoxy) is 1. The molecule has 1 atom stereocenters. The van der Waals surface area contributed by atoms with Crippen LogP contribution in [0.25, 0.3) is 0 Å². The first-order chi connectivity index (χ1) is 6.61. The highest BCUT2D eigenvalue weighted by atomic mass is 19.1. The topological polar surface area (TPSA) is 55.5 Å². The Morgan fingerprint density at radius 3 is 2.79 bits per heavy atom. The summed E-state index contributed by atoms with van der Waals surface area (Å²) in [4.78, 5) is 0. The molecule has 0 fully saturated rings. The van der Waals surface area contributed by atoms with Crippen LogP contribution in [0.3, 0.4) is 0 Å². The Kier molecular flexibility index (Phi) is 3.85. The number of hydrogen-bond donors (Lipinski definition) is 2. The van der Waals surface area contributed by atoms with Gasteiger partial charge in [0.05, 0.1) is 6.10 Å². The summed E-state index contributed by atoms with van der Waals surface area (Å²) in [5, 5.41) is 8.97. The maximum absolute atomic E-state index is 12.9. The van der Waals surface area contributed by atoms with E-state index < -0.39 is 6.10 Å². The van der Waals surface area contributed by atoms with Crippen molar-refractivity contribution in [3.8, 4) is 5.75 Å². The maximum Gasteiger partial charge on any atom is 0.127 e. The Labute approximate surface area is 82.3 Å². The van der Waals surface area contributed by atoms with E-state index in [-0.39, 0.29) is 19.0 Å². The zero-order chi connectivity index (χ0) is 10.6. The van der Waals surface area contributed by atoms with Crippen LogP contribution in [0.2, 0.25) is 0 Å². The Morgan fingerprint density at radius 2 is 2.21 bits per heavy atom. The zero-order valence-corrected chi connectivity index (χ0v) is 8.03. The van der Waals surface area contributed by atoms with E-state index in [0.29, 0.717) is 11.3 Å². The Hall–Kier alpha value is -1.13. The van der Waals surface area contributed by atoms with Gasteiger partial charge in [-0.15, -0.1) is 0 Å². The molecule has 0 amide bonds. The number of benzene rings is 1. The van der Waals surface area contributed by atoms with Crippen molar-refractivity contribution in [2.24, 2.45) is 5.73 Å². The average molecular weight is 199 g/mol. The van der Waals surface area contributed by atoms with Gasteiger partial charge in [0.25, 0.3) is 0 Å². The number of halogens is 1. The fourth-order valence-corrected chi connectivity index (χ4v) is 1.04. The molecule has 0 aliphatic rings. The molecule has 0 aliphatic heterocycles. The molecule has 1 rings (SSSR count). The van der Waals surface area contributed by atoms with Crippen LogP contribution in [0, 0.1) is 5.82 Å². The molecule has 14 heavy (non-hydrogen) atoms. The highest BCUT2D eigenvalue weighted by Gasteiger charge is 2.02. The first-order valence-electron chi connectivity index (χ1n) is 4.42. The lowest BCUT2D eigenvalue weighted by molar-refractivity contribution is 0.122. The van der Waals surface area contributed by atoms with Crippen molar-refractivity contribution >= 4 is 0 Å². The first-order valence-corrected chi connectivity index (χ1v) is 4.42. The van der Waals surface area contributed by atoms with Crippen molar-refractivity contribution in [1.29, 1.82) is 0 Å². The summed E-state index contributed by atoms with van der Waals surface area (Å²) < 4.78 is 18.1. The molecule has 78 valence electrons. The van der Waals surface area contributed by atoms with E-state index in [4.69, 9.17) is 15.6 Å². The normalized spacial score (nSPS) is 12.6. The molecule has 0 radical (unpaired) electrons. The van der Waals surface area contributed by atoms with Gasteiger partial charge in [0.1, 0.15) is 18.2 Å². The van der Waals surface area contributed by atoms with Crippen LogP contribution >= 0.6 is 0 Å². The zero-order valence-electron chi connectivity index (χ0n) is 8.03. The van der Waals surface area contributed by atoms with Crippen LogP contribution in [0.4, 0.5) is 4.39 Å². The molecule has 0 bridgehead atoms. The quantitative estimate of drug-likeness (QED) is 0.761. The molecule has 0 saturated heterocycles. The van der Waals surface area contributed by atoms with Crippen LogP contribution in [-0.4, -0.2) is 17.8 Å². The molecule has 3 nitrogen and oxygen atoms in total. The molecule has 0 aliphatic carbocycles. The van der Waals surface area contributed by atoms with Crippen LogP contribution in [-0.2, 0) is 6.54 Å². The van der Waals surface area contributed by atoms with E-state index in [1.165, 1.54) is 12.1 Å². The van der Waals surface area contributed by atoms with Crippen molar-refractivity contribution in [2.75, 3.05) is 6.61 Å². The van der Waals surface area contributed by atoms with E-state index in [2.05, 4.69) is 0 Å². The van der Waals surface area contributed by atoms with Crippen molar-refractivity contribution in [2.45, 2.75) is 19.6 Å². The Bertz CT molecular complexity index is 302. The third kappa shape index (κ3) is 3.32. The van der Waals surface area contributed by atoms with Gasteiger partial charge in [-0.05, 0) is 24.6 Å². The summed E-state index contributed by atoms with van der Waals surface area (Å²) >= 11 is 0. The van der Waals surface area contributed by atoms with E-state index in [1.807, 2.05) is 0 Å². The predicted octanol–water partition coefficient (Wildman–Crippen LogP) is 1.04. The molecule has 4 heteroatoms. The van der Waals surface area contributed by atoms with Crippen molar-refractivity contribution in [3.05, 3.63) is 29.6 Å². The first kappa shape index (κ1) is 10.9. The monoisotopic (exact) mass is 199 g/mol. The summed E-state index contributed by atoms with van der Waals surface area (Å²) in [6.45, 7) is 2.01. The third-order valence-corrected chi connectivity index (χ3v) is 1.66. The molecule has 1 unspecified atom stereocenters. The standard InChI is InChI=1S/C10H14FNO2/c1-7(13)6-14-10-3-8(5-12)2-9(11)4-10/h2-4,7,13H,5-6,12H2,1H3. The lowest BCUT2D eigenvalue weighted by Gasteiger charge is -2.09. The largest absolute Gasteiger partial charge is 0.491 e. The number of hydrogen-bond acceptors (Lipinski definition) is 3. The van der Waals surface area contributed by atoms with E-state index >= 15 is 0 Å². The van der Waals surface area contributed by atoms with Crippen LogP contribution in [0.1, 0.15) is 12.5 Å². The number of nitrogens with two attached hydrogens (primary N) is 1. The van der Waals surface area contributed by atoms with Gasteiger partial charge in [-0.1, -0.05) is 0 Å². The minimum atomic E-state index is -0.570. The lowest BCUT2D eigenvalue weighted by atomic mass is 10.2. The fourth-order valence-electron chi connectivity index (χ4n) is 1.04. The second-order valence-electron chi connectivity index (χ2n) is 3.16. The SMILES string of the molecule is CC(O)COc1cc(F)cc(CN)c1. The average Bonchev–Trinajstić information content (AvgIpc) is 2.14. The second-order valence-corrected chi connectivity index (χ2v) is 3.16. The third-order valence-electron chi connectivity index (χ3n) is 1.66. The molecule has 0 aromatic heterocycles. The van der Waals surface area contributed by atoms with Gasteiger partial charge >= 0.3 is 0 Å². The van der Waals surface area contributed by atoms with E-state index in [9.17, 15) is 4.39 Å². The minimum absolute atomic E-state index is 0.146. The lowest BCUT2D eigenvalue weighted by Crippen LogP contribution is -2.13. The van der Waals surface area contributed by atoms with E-state index in [1.54, 1.807) is 13.0 Å². The molecule has 0 spiro atoms. The molecule has 0 heterocycles. The summed E-state index contributed by atoms with van der Waals surface area (Å²) in [7, 11) is 0. The number of aliphatic hydroxyl groups is 1. The molecular formula is C10H14FNO2. The van der Waals surface area contributed by atoms with Crippen LogP contribution in [0.5, 0.6) is 5.75 Å². The minimum Gasteiger partial charge on any atom is -0.491 e. The van der Waals surface area contributed by atoms with E-state index in [0.717, 1.165) is 0 Å². The predicted molar refractivity (Wildman–Crippen MR) is 51.5 cm³/mol. The smallest absolute Gasteiger partial charge is 0.127 e. The van der Waals surface area contributed by atoms with Crippen molar-refractivity contribution < 1.29 is 14.2 Å². The van der Waals surface area contributed by atoms with Gasteiger partial charge in [-0.3, -0.25) is 0 Å². The van der Waals surface area contributed by atoms with Gasteiger partial charge < -0.3 is 15.6 Å². The molecule has 3 N–H and O–H groups in total. The highest BCUT2D eigenvalue weighted by molar-refractivity contribution is 5.29. The van der Waals surface area contributed by atoms with Gasteiger partial charge in [-0.2, -0.15) is 0 Å². The van der Waals surface area contributed by atoms with Crippen LogP contribution in [0.15, 0.2) is 18.2 Å². The van der Waals surface area contributed by atoms with Gasteiger partial charge in [0.15, 0.2) is 0 Å². The number of aliphatic hydroxyl groups excluding tert-OH is 1. The van der Waals surface area contributed by atoms with Gasteiger partial charge in [-0.25, -0.2) is 4.39 Å². The van der Waals surface area contributed by atoms with Crippen molar-refractivity contribution in [3.63, 3.8) is 0 Å².